The molecule has 0 radical (unpaired) electrons. The Hall–Kier alpha value is -3.76. The second-order valence-corrected chi connectivity index (χ2v) is 8.44. The summed E-state index contributed by atoms with van der Waals surface area (Å²) in [6.07, 6.45) is 2.40. The van der Waals surface area contributed by atoms with E-state index in [2.05, 4.69) is 40.2 Å². The molecule has 1 aliphatic heterocycles. The van der Waals surface area contributed by atoms with Crippen LogP contribution in [-0.2, 0) is 16.1 Å². The predicted molar refractivity (Wildman–Crippen MR) is 132 cm³/mol. The first kappa shape index (κ1) is 23.4. The molecule has 0 saturated carbocycles. The molecule has 0 unspecified atom stereocenters. The van der Waals surface area contributed by atoms with Crippen LogP contribution in [0.2, 0.25) is 0 Å². The zero-order valence-corrected chi connectivity index (χ0v) is 19.3. The molecule has 0 aliphatic carbocycles. The highest BCUT2D eigenvalue weighted by Gasteiger charge is 2.23. The van der Waals surface area contributed by atoms with Crippen LogP contribution in [0.1, 0.15) is 24.8 Å². The molecule has 7 nitrogen and oxygen atoms in total. The Labute approximate surface area is 200 Å². The fourth-order valence-electron chi connectivity index (χ4n) is 4.37. The number of amides is 2. The van der Waals surface area contributed by atoms with Crippen LogP contribution in [0, 0.1) is 11.3 Å². The lowest BCUT2D eigenvalue weighted by atomic mass is 10.1. The Morgan fingerprint density at radius 3 is 2.47 bits per heavy atom. The number of fused-ring (bicyclic) bond motifs is 1. The fraction of sp³-hybridized carbons (Fsp3) is 0.333. The van der Waals surface area contributed by atoms with Crippen LogP contribution >= 0.6 is 0 Å². The molecule has 2 amide bonds. The summed E-state index contributed by atoms with van der Waals surface area (Å²) in [7, 11) is 0. The number of pyridine rings is 1. The van der Waals surface area contributed by atoms with Crippen LogP contribution in [0.3, 0.4) is 0 Å². The Morgan fingerprint density at radius 1 is 0.941 bits per heavy atom. The van der Waals surface area contributed by atoms with E-state index in [-0.39, 0.29) is 31.1 Å². The van der Waals surface area contributed by atoms with Crippen molar-refractivity contribution in [3.8, 4) is 6.07 Å². The molecular weight excluding hydrogens is 426 g/mol. The van der Waals surface area contributed by atoms with E-state index in [1.54, 1.807) is 4.90 Å². The number of hydrogen-bond donors (Lipinski definition) is 0. The predicted octanol–water partition coefficient (Wildman–Crippen LogP) is 3.61. The second-order valence-electron chi connectivity index (χ2n) is 8.44. The molecule has 4 rings (SSSR count). The van der Waals surface area contributed by atoms with Crippen molar-refractivity contribution in [2.45, 2.75) is 25.8 Å². The largest absolute Gasteiger partial charge is 0.340 e. The number of para-hydroxylation sites is 2. The third kappa shape index (κ3) is 5.77. The SMILES string of the molecule is N#CCCN(C(=O)CCC(=O)N1CCN(Cc2cccc3cccnc23)CC1)c1ccccc1. The van der Waals surface area contributed by atoms with E-state index in [1.807, 2.05) is 47.5 Å². The number of nitriles is 1. The van der Waals surface area contributed by atoms with Gasteiger partial charge in [0.05, 0.1) is 18.0 Å². The van der Waals surface area contributed by atoms with Gasteiger partial charge in [0, 0.05) is 69.4 Å². The Kier molecular flexibility index (Phi) is 7.84. The van der Waals surface area contributed by atoms with E-state index in [4.69, 9.17) is 5.26 Å². The topological polar surface area (TPSA) is 80.5 Å². The van der Waals surface area contributed by atoms with Crippen molar-refractivity contribution in [3.05, 3.63) is 72.4 Å². The van der Waals surface area contributed by atoms with Gasteiger partial charge in [0.25, 0.3) is 0 Å². The van der Waals surface area contributed by atoms with Crippen LogP contribution in [0.25, 0.3) is 10.9 Å². The van der Waals surface area contributed by atoms with Crippen LogP contribution in [0.4, 0.5) is 5.69 Å². The first-order valence-electron chi connectivity index (χ1n) is 11.7. The fourth-order valence-corrected chi connectivity index (χ4v) is 4.37. The highest BCUT2D eigenvalue weighted by Crippen LogP contribution is 2.19. The molecule has 0 atom stereocenters. The molecule has 0 spiro atoms. The van der Waals surface area contributed by atoms with Gasteiger partial charge in [-0.15, -0.1) is 0 Å². The number of hydrogen-bond acceptors (Lipinski definition) is 5. The van der Waals surface area contributed by atoms with Crippen LogP contribution in [-0.4, -0.2) is 59.3 Å². The average Bonchev–Trinajstić information content (AvgIpc) is 2.89. The maximum Gasteiger partial charge on any atom is 0.227 e. The Bertz CT molecular complexity index is 1160. The van der Waals surface area contributed by atoms with E-state index >= 15 is 0 Å². The monoisotopic (exact) mass is 455 g/mol. The summed E-state index contributed by atoms with van der Waals surface area (Å²) in [5, 5.41) is 10.1. The molecule has 0 bridgehead atoms. The Morgan fingerprint density at radius 2 is 1.71 bits per heavy atom. The first-order chi connectivity index (χ1) is 16.7. The van der Waals surface area contributed by atoms with Gasteiger partial charge in [-0.25, -0.2) is 0 Å². The van der Waals surface area contributed by atoms with E-state index in [9.17, 15) is 9.59 Å². The third-order valence-electron chi connectivity index (χ3n) is 6.20. The lowest BCUT2D eigenvalue weighted by Crippen LogP contribution is -2.48. The van der Waals surface area contributed by atoms with Gasteiger partial charge in [0.2, 0.25) is 11.8 Å². The molecule has 1 aromatic heterocycles. The molecule has 7 heteroatoms. The van der Waals surface area contributed by atoms with Gasteiger partial charge in [-0.3, -0.25) is 19.5 Å². The minimum atomic E-state index is -0.128. The number of piperazine rings is 1. The highest BCUT2D eigenvalue weighted by atomic mass is 16.2. The maximum atomic E-state index is 12.8. The zero-order valence-electron chi connectivity index (χ0n) is 19.3. The van der Waals surface area contributed by atoms with Crippen molar-refractivity contribution in [1.82, 2.24) is 14.8 Å². The Balaban J connectivity index is 1.28. The molecule has 3 aromatic rings. The lowest BCUT2D eigenvalue weighted by Gasteiger charge is -2.35. The van der Waals surface area contributed by atoms with E-state index in [0.29, 0.717) is 19.6 Å². The molecule has 2 aromatic carbocycles. The van der Waals surface area contributed by atoms with E-state index < -0.39 is 0 Å². The van der Waals surface area contributed by atoms with Crippen LogP contribution in [0.5, 0.6) is 0 Å². The number of carbonyl (C=O) groups excluding carboxylic acids is 2. The molecule has 34 heavy (non-hydrogen) atoms. The van der Waals surface area contributed by atoms with Crippen molar-refractivity contribution >= 4 is 28.4 Å². The summed E-state index contributed by atoms with van der Waals surface area (Å²) in [5.74, 6) is -0.120. The lowest BCUT2D eigenvalue weighted by molar-refractivity contribution is -0.134. The molecule has 2 heterocycles. The van der Waals surface area contributed by atoms with Gasteiger partial charge in [-0.2, -0.15) is 5.26 Å². The van der Waals surface area contributed by atoms with Crippen molar-refractivity contribution in [2.75, 3.05) is 37.6 Å². The molecule has 1 aliphatic rings. The minimum absolute atomic E-state index is 0.00752. The van der Waals surface area contributed by atoms with E-state index in [1.165, 1.54) is 5.56 Å². The summed E-state index contributed by atoms with van der Waals surface area (Å²) in [5.41, 5.74) is 2.98. The van der Waals surface area contributed by atoms with Gasteiger partial charge >= 0.3 is 0 Å². The number of aromatic nitrogens is 1. The number of carbonyl (C=O) groups is 2. The maximum absolute atomic E-state index is 12.8. The standard InChI is InChI=1S/C27H29N5O2/c28-14-6-16-32(24-10-2-1-3-11-24)26(34)13-12-25(33)31-19-17-30(18-20-31)21-23-8-4-7-22-9-5-15-29-27(22)23/h1-5,7-11,15H,6,12-13,16-21H2. The highest BCUT2D eigenvalue weighted by molar-refractivity contribution is 5.95. The second kappa shape index (κ2) is 11.4. The molecule has 0 N–H and O–H groups in total. The van der Waals surface area contributed by atoms with Crippen LogP contribution < -0.4 is 4.90 Å². The van der Waals surface area contributed by atoms with Gasteiger partial charge < -0.3 is 9.80 Å². The number of anilines is 1. The summed E-state index contributed by atoms with van der Waals surface area (Å²) in [6, 6.07) is 21.7. The molecule has 174 valence electrons. The third-order valence-corrected chi connectivity index (χ3v) is 6.20. The van der Waals surface area contributed by atoms with E-state index in [0.717, 1.165) is 36.2 Å². The van der Waals surface area contributed by atoms with Crippen molar-refractivity contribution in [2.24, 2.45) is 0 Å². The van der Waals surface area contributed by atoms with Gasteiger partial charge in [0.1, 0.15) is 0 Å². The molecular formula is C27H29N5O2. The summed E-state index contributed by atoms with van der Waals surface area (Å²) in [4.78, 5) is 36.0. The molecule has 1 fully saturated rings. The average molecular weight is 456 g/mol. The van der Waals surface area contributed by atoms with Gasteiger partial charge in [0.15, 0.2) is 0 Å². The number of rotatable bonds is 8. The van der Waals surface area contributed by atoms with Crippen LogP contribution in [0.15, 0.2) is 66.9 Å². The smallest absolute Gasteiger partial charge is 0.227 e. The normalized spacial score (nSPS) is 14.0. The quantitative estimate of drug-likeness (QED) is 0.518. The van der Waals surface area contributed by atoms with Gasteiger partial charge in [-0.05, 0) is 23.8 Å². The minimum Gasteiger partial charge on any atom is -0.340 e. The number of benzene rings is 2. The summed E-state index contributed by atoms with van der Waals surface area (Å²) < 4.78 is 0. The van der Waals surface area contributed by atoms with Crippen molar-refractivity contribution in [3.63, 3.8) is 0 Å². The molecule has 1 saturated heterocycles. The first-order valence-corrected chi connectivity index (χ1v) is 11.7. The number of nitrogens with zero attached hydrogens (tertiary/aromatic N) is 5. The van der Waals surface area contributed by atoms with Crippen molar-refractivity contribution in [1.29, 1.82) is 5.26 Å². The zero-order chi connectivity index (χ0) is 23.8. The summed E-state index contributed by atoms with van der Waals surface area (Å²) in [6.45, 7) is 4.03. The van der Waals surface area contributed by atoms with Gasteiger partial charge in [-0.1, -0.05) is 42.5 Å². The summed E-state index contributed by atoms with van der Waals surface area (Å²) >= 11 is 0. The van der Waals surface area contributed by atoms with Crippen molar-refractivity contribution < 1.29 is 9.59 Å².